The third kappa shape index (κ3) is 6.01. The number of thioether (sulfide) groups is 1. The molecule has 1 aliphatic heterocycles. The molecule has 1 saturated heterocycles. The van der Waals surface area contributed by atoms with E-state index in [0.29, 0.717) is 34.3 Å². The summed E-state index contributed by atoms with van der Waals surface area (Å²) in [5.41, 5.74) is 1.03. The van der Waals surface area contributed by atoms with Gasteiger partial charge in [-0.05, 0) is 42.3 Å². The second-order valence-electron chi connectivity index (χ2n) is 6.92. The lowest BCUT2D eigenvalue weighted by atomic mass is 9.93. The summed E-state index contributed by atoms with van der Waals surface area (Å²) < 4.78 is 16.1. The number of hydrogen-bond donors (Lipinski definition) is 0. The van der Waals surface area contributed by atoms with Gasteiger partial charge in [-0.2, -0.15) is 0 Å². The number of nitrogens with zero attached hydrogens (tertiary/aromatic N) is 1. The second-order valence-corrected chi connectivity index (χ2v) is 8.23. The minimum atomic E-state index is 0. The number of morpholine rings is 1. The number of methoxy groups -OCH3 is 2. The van der Waals surface area contributed by atoms with Gasteiger partial charge < -0.3 is 14.2 Å². The minimum Gasteiger partial charge on any atom is -0.493 e. The molecule has 3 rings (SSSR count). The smallest absolute Gasteiger partial charge is 0.355 e. The molecule has 0 radical (unpaired) electrons. The van der Waals surface area contributed by atoms with Crippen LogP contribution in [0.4, 0.5) is 0 Å². The van der Waals surface area contributed by atoms with Crippen LogP contribution in [0, 0.1) is 0 Å². The Labute approximate surface area is 172 Å². The summed E-state index contributed by atoms with van der Waals surface area (Å²) in [7, 11) is 3.26. The largest absolute Gasteiger partial charge is 0.493 e. The molecule has 1 N–H and O–H groups in total. The number of rotatable bonds is 6. The summed E-state index contributed by atoms with van der Waals surface area (Å²) in [4.78, 5) is 13.2. The molecule has 0 bridgehead atoms. The molecule has 1 aliphatic carbocycles. The van der Waals surface area contributed by atoms with Crippen LogP contribution in [0.3, 0.4) is 0 Å². The van der Waals surface area contributed by atoms with E-state index >= 15 is 0 Å². The van der Waals surface area contributed by atoms with E-state index in [2.05, 4.69) is 4.90 Å². The zero-order valence-electron chi connectivity index (χ0n) is 16.2. The van der Waals surface area contributed by atoms with Gasteiger partial charge in [0.25, 0.3) is 0 Å². The summed E-state index contributed by atoms with van der Waals surface area (Å²) in [6.45, 7) is 3.68. The standard InChI is InChI=1S/C20H29NO4S.ClH/c1-23-17-8-7-15(13-18(17)24-2)14-20(22)26-19-6-4-3-5-16(19)21-9-11-25-12-10-21;/h7-8,13,16,19H,3-6,9-12,14H2,1-2H3;1H/p+1/t16-,19-;/m1./s1. The SMILES string of the molecule is COc1ccc(CC(=[OH+])S[C@@H]2CCCC[C@H]2N2CCOCC2)cc1OC.Cl. The van der Waals surface area contributed by atoms with E-state index in [1.54, 1.807) is 26.0 Å². The highest BCUT2D eigenvalue weighted by Crippen LogP contribution is 2.34. The summed E-state index contributed by atoms with van der Waals surface area (Å²) in [6.07, 6.45) is 5.47. The molecule has 0 unspecified atom stereocenters. The molecular formula is C20H31ClNO4S+. The van der Waals surface area contributed by atoms with Crippen LogP contribution in [0.25, 0.3) is 0 Å². The molecule has 0 aromatic heterocycles. The van der Waals surface area contributed by atoms with E-state index in [9.17, 15) is 4.79 Å². The van der Waals surface area contributed by atoms with Crippen molar-refractivity contribution in [3.05, 3.63) is 23.8 Å². The Morgan fingerprint density at radius 1 is 1.15 bits per heavy atom. The van der Waals surface area contributed by atoms with Gasteiger partial charge in [-0.3, -0.25) is 9.69 Å². The van der Waals surface area contributed by atoms with Gasteiger partial charge in [-0.1, -0.05) is 18.9 Å². The fraction of sp³-hybridized carbons (Fsp3) is 0.650. The van der Waals surface area contributed by atoms with Gasteiger partial charge in [0, 0.05) is 24.4 Å². The van der Waals surface area contributed by atoms with Crippen molar-refractivity contribution in [1.82, 2.24) is 4.90 Å². The van der Waals surface area contributed by atoms with Crippen LogP contribution in [-0.2, 0) is 11.2 Å². The lowest BCUT2D eigenvalue weighted by molar-refractivity contribution is 0.0103. The third-order valence-electron chi connectivity index (χ3n) is 5.27. The van der Waals surface area contributed by atoms with Crippen LogP contribution < -0.4 is 9.47 Å². The number of hydrogen-bond acceptors (Lipinski definition) is 5. The van der Waals surface area contributed by atoms with Crippen LogP contribution in [0.1, 0.15) is 31.2 Å². The van der Waals surface area contributed by atoms with Crippen molar-refractivity contribution in [2.75, 3.05) is 40.5 Å². The van der Waals surface area contributed by atoms with Crippen LogP contribution >= 0.6 is 24.2 Å². The Kier molecular flexibility index (Phi) is 9.22. The second kappa shape index (κ2) is 11.1. The van der Waals surface area contributed by atoms with Crippen molar-refractivity contribution in [2.45, 2.75) is 43.4 Å². The molecular weight excluding hydrogens is 386 g/mol. The van der Waals surface area contributed by atoms with E-state index < -0.39 is 0 Å². The lowest BCUT2D eigenvalue weighted by Crippen LogP contribution is -2.49. The first kappa shape index (κ1) is 22.3. The molecule has 0 amide bonds. The molecule has 0 spiro atoms. The van der Waals surface area contributed by atoms with E-state index in [1.807, 2.05) is 18.2 Å². The maximum absolute atomic E-state index is 10.6. The summed E-state index contributed by atoms with van der Waals surface area (Å²) in [5.74, 6) is 1.41. The molecule has 1 saturated carbocycles. The molecule has 2 fully saturated rings. The Morgan fingerprint density at radius 3 is 2.56 bits per heavy atom. The monoisotopic (exact) mass is 416 g/mol. The molecule has 2 aliphatic rings. The first-order valence-electron chi connectivity index (χ1n) is 9.45. The fourth-order valence-electron chi connectivity index (χ4n) is 3.92. The van der Waals surface area contributed by atoms with Crippen LogP contribution in [0.5, 0.6) is 11.5 Å². The Hall–Kier alpha value is -0.950. The van der Waals surface area contributed by atoms with Crippen molar-refractivity contribution in [1.29, 1.82) is 0 Å². The van der Waals surface area contributed by atoms with Gasteiger partial charge in [0.2, 0.25) is 0 Å². The quantitative estimate of drug-likeness (QED) is 0.664. The molecule has 1 aromatic rings. The molecule has 152 valence electrons. The Balaban J connectivity index is 0.00000261. The van der Waals surface area contributed by atoms with Gasteiger partial charge in [0.15, 0.2) is 11.5 Å². The molecule has 7 heteroatoms. The van der Waals surface area contributed by atoms with E-state index in [-0.39, 0.29) is 12.4 Å². The van der Waals surface area contributed by atoms with Crippen molar-refractivity contribution >= 4 is 29.3 Å². The van der Waals surface area contributed by atoms with Gasteiger partial charge in [0.05, 0.1) is 33.9 Å². The maximum atomic E-state index is 10.6. The van der Waals surface area contributed by atoms with Crippen molar-refractivity contribution < 1.29 is 19.0 Å². The Morgan fingerprint density at radius 2 is 1.85 bits per heavy atom. The molecule has 2 atom stereocenters. The van der Waals surface area contributed by atoms with E-state index in [4.69, 9.17) is 14.2 Å². The number of benzene rings is 1. The van der Waals surface area contributed by atoms with Crippen molar-refractivity contribution in [2.24, 2.45) is 0 Å². The lowest BCUT2D eigenvalue weighted by Gasteiger charge is -2.40. The molecule has 1 aromatic carbocycles. The highest BCUT2D eigenvalue weighted by molar-refractivity contribution is 8.14. The summed E-state index contributed by atoms with van der Waals surface area (Å²) in [5, 5.41) is 0.948. The summed E-state index contributed by atoms with van der Waals surface area (Å²) in [6, 6.07) is 6.36. The summed E-state index contributed by atoms with van der Waals surface area (Å²) >= 11 is 1.66. The van der Waals surface area contributed by atoms with Gasteiger partial charge >= 0.3 is 5.12 Å². The predicted octanol–water partition coefficient (Wildman–Crippen LogP) is 3.55. The van der Waals surface area contributed by atoms with Gasteiger partial charge in [0.1, 0.15) is 0 Å². The third-order valence-corrected chi connectivity index (χ3v) is 6.54. The van der Waals surface area contributed by atoms with Crippen LogP contribution in [0.2, 0.25) is 0 Å². The maximum Gasteiger partial charge on any atom is 0.355 e. The van der Waals surface area contributed by atoms with Gasteiger partial charge in [-0.15, -0.1) is 12.4 Å². The first-order chi connectivity index (χ1) is 12.7. The van der Waals surface area contributed by atoms with Crippen LogP contribution in [-0.4, -0.2) is 66.6 Å². The molecule has 1 heterocycles. The first-order valence-corrected chi connectivity index (χ1v) is 10.3. The average molecular weight is 417 g/mol. The number of ether oxygens (including phenoxy) is 3. The zero-order valence-corrected chi connectivity index (χ0v) is 17.8. The average Bonchev–Trinajstić information content (AvgIpc) is 2.69. The highest BCUT2D eigenvalue weighted by atomic mass is 35.5. The highest BCUT2D eigenvalue weighted by Gasteiger charge is 2.34. The van der Waals surface area contributed by atoms with Crippen molar-refractivity contribution in [3.63, 3.8) is 0 Å². The topological polar surface area (TPSA) is 52.3 Å². The number of carbonyl (C=O) groups excluding carboxylic acids is 1. The van der Waals surface area contributed by atoms with E-state index in [1.165, 1.54) is 25.7 Å². The fourth-order valence-corrected chi connectivity index (χ4v) is 5.27. The van der Waals surface area contributed by atoms with Gasteiger partial charge in [-0.25, -0.2) is 0 Å². The minimum absolute atomic E-state index is 0. The molecule has 27 heavy (non-hydrogen) atoms. The van der Waals surface area contributed by atoms with Crippen LogP contribution in [0.15, 0.2) is 18.2 Å². The zero-order chi connectivity index (χ0) is 18.4. The predicted molar refractivity (Wildman–Crippen MR) is 113 cm³/mol. The van der Waals surface area contributed by atoms with E-state index in [0.717, 1.165) is 31.9 Å². The molecule has 5 nitrogen and oxygen atoms in total. The van der Waals surface area contributed by atoms with Crippen molar-refractivity contribution in [3.8, 4) is 11.5 Å². The normalized spacial score (nSPS) is 23.3. The Bertz CT molecular complexity index is 610. The number of halogens is 1.